The van der Waals surface area contributed by atoms with Crippen LogP contribution in [-0.2, 0) is 6.18 Å². The number of hydrogen-bond donors (Lipinski definition) is 3. The van der Waals surface area contributed by atoms with Crippen LogP contribution in [0, 0.1) is 18.6 Å². The first-order chi connectivity index (χ1) is 18.4. The molecular formula is C26H32F5N7O. The fourth-order valence-electron chi connectivity index (χ4n) is 4.43. The highest BCUT2D eigenvalue weighted by molar-refractivity contribution is 5.96. The molecule has 0 spiro atoms. The van der Waals surface area contributed by atoms with Gasteiger partial charge in [-0.25, -0.2) is 18.7 Å². The Balaban J connectivity index is 1.89. The van der Waals surface area contributed by atoms with Crippen LogP contribution in [-0.4, -0.2) is 47.2 Å². The molecule has 39 heavy (non-hydrogen) atoms. The summed E-state index contributed by atoms with van der Waals surface area (Å²) in [5.74, 6) is -2.59. The summed E-state index contributed by atoms with van der Waals surface area (Å²) in [6, 6.07) is 0.730. The van der Waals surface area contributed by atoms with Crippen molar-refractivity contribution in [3.63, 3.8) is 0 Å². The van der Waals surface area contributed by atoms with E-state index in [0.29, 0.717) is 26.1 Å². The Kier molecular flexibility index (Phi) is 8.28. The maximum Gasteiger partial charge on any atom is 0.417 e. The van der Waals surface area contributed by atoms with Crippen molar-refractivity contribution in [3.8, 4) is 17.1 Å². The number of benzene rings is 1. The summed E-state index contributed by atoms with van der Waals surface area (Å²) in [7, 11) is 0. The van der Waals surface area contributed by atoms with E-state index < -0.39 is 52.0 Å². The Morgan fingerprint density at radius 3 is 2.44 bits per heavy atom. The van der Waals surface area contributed by atoms with Gasteiger partial charge in [-0.3, -0.25) is 0 Å². The van der Waals surface area contributed by atoms with Crippen LogP contribution in [0.5, 0.6) is 5.88 Å². The zero-order valence-corrected chi connectivity index (χ0v) is 22.1. The zero-order chi connectivity index (χ0) is 28.5. The minimum Gasteiger partial charge on any atom is -0.474 e. The number of fused-ring (bicyclic) bond motifs is 1. The maximum atomic E-state index is 16.1. The van der Waals surface area contributed by atoms with E-state index in [1.54, 1.807) is 11.8 Å². The van der Waals surface area contributed by atoms with Gasteiger partial charge in [-0.15, -0.1) is 0 Å². The molecule has 0 radical (unpaired) electrons. The van der Waals surface area contributed by atoms with Gasteiger partial charge >= 0.3 is 6.18 Å². The second-order valence-electron chi connectivity index (χ2n) is 9.70. The van der Waals surface area contributed by atoms with Crippen molar-refractivity contribution in [1.29, 1.82) is 0 Å². The van der Waals surface area contributed by atoms with E-state index in [0.717, 1.165) is 38.8 Å². The number of halogens is 5. The smallest absolute Gasteiger partial charge is 0.417 e. The fraction of sp³-hybridized carbons (Fsp3) is 0.500. The van der Waals surface area contributed by atoms with Gasteiger partial charge < -0.3 is 26.4 Å². The fourth-order valence-corrected chi connectivity index (χ4v) is 4.43. The van der Waals surface area contributed by atoms with Crippen molar-refractivity contribution in [3.05, 3.63) is 28.8 Å². The number of nitrogens with two attached hydrogens (primary N) is 2. The van der Waals surface area contributed by atoms with E-state index in [9.17, 15) is 17.6 Å². The molecule has 1 atom stereocenters. The first kappa shape index (κ1) is 28.5. The Bertz CT molecular complexity index is 1360. The average Bonchev–Trinajstić information content (AvgIpc) is 2.81. The molecule has 2 aromatic heterocycles. The van der Waals surface area contributed by atoms with Crippen molar-refractivity contribution >= 4 is 28.4 Å². The predicted octanol–water partition coefficient (Wildman–Crippen LogP) is 5.22. The maximum absolute atomic E-state index is 16.1. The topological polar surface area (TPSA) is 115 Å². The van der Waals surface area contributed by atoms with Crippen molar-refractivity contribution in [2.45, 2.75) is 58.7 Å². The molecule has 1 fully saturated rings. The Labute approximate surface area is 222 Å². The number of pyridine rings is 1. The first-order valence-electron chi connectivity index (χ1n) is 12.9. The molecule has 0 saturated carbocycles. The van der Waals surface area contributed by atoms with Gasteiger partial charge in [-0.05, 0) is 57.8 Å². The molecule has 8 nitrogen and oxygen atoms in total. The van der Waals surface area contributed by atoms with E-state index in [-0.39, 0.29) is 28.5 Å². The molecule has 3 heterocycles. The summed E-state index contributed by atoms with van der Waals surface area (Å²) in [6.07, 6.45) is -2.03. The molecule has 13 heteroatoms. The Morgan fingerprint density at radius 2 is 1.82 bits per heavy atom. The number of ether oxygens (including phenoxy) is 1. The molecule has 1 aromatic carbocycles. The third-order valence-corrected chi connectivity index (χ3v) is 6.72. The lowest BCUT2D eigenvalue weighted by atomic mass is 9.96. The molecule has 3 aromatic rings. The lowest BCUT2D eigenvalue weighted by Gasteiger charge is -2.31. The van der Waals surface area contributed by atoms with Crippen LogP contribution in [0.15, 0.2) is 6.07 Å². The van der Waals surface area contributed by atoms with Crippen LogP contribution in [0.2, 0.25) is 0 Å². The van der Waals surface area contributed by atoms with Crippen molar-refractivity contribution < 1.29 is 26.7 Å². The van der Waals surface area contributed by atoms with Crippen LogP contribution in [0.25, 0.3) is 22.2 Å². The van der Waals surface area contributed by atoms with Crippen molar-refractivity contribution in [1.82, 2.24) is 20.3 Å². The molecule has 1 aliphatic heterocycles. The molecule has 1 unspecified atom stereocenters. The van der Waals surface area contributed by atoms with E-state index in [1.807, 2.05) is 0 Å². The van der Waals surface area contributed by atoms with Crippen LogP contribution < -0.4 is 26.4 Å². The van der Waals surface area contributed by atoms with Crippen LogP contribution in [0.3, 0.4) is 0 Å². The van der Waals surface area contributed by atoms with Gasteiger partial charge in [0.05, 0.1) is 17.4 Å². The second-order valence-corrected chi connectivity index (χ2v) is 9.70. The van der Waals surface area contributed by atoms with Crippen LogP contribution >= 0.6 is 0 Å². The highest BCUT2D eigenvalue weighted by atomic mass is 19.4. The largest absolute Gasteiger partial charge is 0.474 e. The van der Waals surface area contributed by atoms with Crippen LogP contribution in [0.4, 0.5) is 39.4 Å². The van der Waals surface area contributed by atoms with Gasteiger partial charge in [-0.1, -0.05) is 13.3 Å². The monoisotopic (exact) mass is 553 g/mol. The third-order valence-electron chi connectivity index (χ3n) is 6.72. The standard InChI is InChI=1S/C26H32F5N7O/c1-4-5-8-34-9-7-13(2)39-24-17-22(36-25(37-23(17)33)38-10-6-11-38)20(28)21(35-24)15-12-16(32)19(27)14(3)18(15)26(29,30)31/h12-13,34H,4-11,32H2,1-3H3,(H2,33,36,37). The summed E-state index contributed by atoms with van der Waals surface area (Å²) in [5, 5.41) is 3.23. The number of nitrogens with zero attached hydrogens (tertiary/aromatic N) is 4. The molecule has 4 rings (SSSR count). The SMILES string of the molecule is CCCCNCCC(C)Oc1nc(-c2cc(N)c(F)c(C)c2C(F)(F)F)c(F)c2nc(N3CCC3)nc(N)c12. The van der Waals surface area contributed by atoms with Crippen molar-refractivity contribution in [2.24, 2.45) is 0 Å². The van der Waals surface area contributed by atoms with Crippen LogP contribution in [0.1, 0.15) is 50.7 Å². The van der Waals surface area contributed by atoms with E-state index in [4.69, 9.17) is 16.2 Å². The Hall–Kier alpha value is -3.48. The molecule has 0 bridgehead atoms. The summed E-state index contributed by atoms with van der Waals surface area (Å²) >= 11 is 0. The summed E-state index contributed by atoms with van der Waals surface area (Å²) < 4.78 is 78.9. The highest BCUT2D eigenvalue weighted by Gasteiger charge is 2.39. The number of unbranched alkanes of at least 4 members (excludes halogenated alkanes) is 1. The van der Waals surface area contributed by atoms with Gasteiger partial charge in [0.2, 0.25) is 11.8 Å². The number of rotatable bonds is 10. The van der Waals surface area contributed by atoms with Gasteiger partial charge in [0, 0.05) is 18.7 Å². The van der Waals surface area contributed by atoms with Gasteiger partial charge in [0.25, 0.3) is 0 Å². The average molecular weight is 554 g/mol. The molecule has 0 aliphatic carbocycles. The van der Waals surface area contributed by atoms with Gasteiger partial charge in [0.15, 0.2) is 5.82 Å². The zero-order valence-electron chi connectivity index (χ0n) is 22.1. The number of aromatic nitrogens is 3. The highest BCUT2D eigenvalue weighted by Crippen LogP contribution is 2.44. The molecule has 212 valence electrons. The molecule has 1 saturated heterocycles. The molecule has 0 amide bonds. The third kappa shape index (κ3) is 5.77. The Morgan fingerprint density at radius 1 is 1.10 bits per heavy atom. The minimum absolute atomic E-state index is 0.0494. The predicted molar refractivity (Wildman–Crippen MR) is 141 cm³/mol. The van der Waals surface area contributed by atoms with Gasteiger partial charge in [0.1, 0.15) is 28.2 Å². The van der Waals surface area contributed by atoms with E-state index >= 15 is 4.39 Å². The van der Waals surface area contributed by atoms with E-state index in [1.165, 1.54) is 0 Å². The second kappa shape index (κ2) is 11.3. The number of anilines is 3. The molecule has 5 N–H and O–H groups in total. The first-order valence-corrected chi connectivity index (χ1v) is 12.9. The molecular weight excluding hydrogens is 521 g/mol. The minimum atomic E-state index is -5.02. The summed E-state index contributed by atoms with van der Waals surface area (Å²) in [6.45, 7) is 7.47. The summed E-state index contributed by atoms with van der Waals surface area (Å²) in [5.41, 5.74) is 7.36. The number of nitrogens with one attached hydrogen (secondary N) is 1. The number of alkyl halides is 3. The van der Waals surface area contributed by atoms with E-state index in [2.05, 4.69) is 27.2 Å². The van der Waals surface area contributed by atoms with Crippen molar-refractivity contribution in [2.75, 3.05) is 42.5 Å². The van der Waals surface area contributed by atoms with Gasteiger partial charge in [-0.2, -0.15) is 18.2 Å². The lowest BCUT2D eigenvalue weighted by molar-refractivity contribution is -0.137. The normalized spacial score (nSPS) is 14.5. The summed E-state index contributed by atoms with van der Waals surface area (Å²) in [4.78, 5) is 14.5. The number of hydrogen-bond acceptors (Lipinski definition) is 8. The lowest BCUT2D eigenvalue weighted by Crippen LogP contribution is -2.38. The quantitative estimate of drug-likeness (QED) is 0.178. The molecule has 1 aliphatic rings. The number of nitrogen functional groups attached to an aromatic ring is 2.